The molecule has 2 nitrogen and oxygen atoms in total. The van der Waals surface area contributed by atoms with Gasteiger partial charge in [-0.15, -0.1) is 0 Å². The highest BCUT2D eigenvalue weighted by molar-refractivity contribution is 5.78. The van der Waals surface area contributed by atoms with Crippen LogP contribution in [0.15, 0.2) is 18.2 Å². The van der Waals surface area contributed by atoms with E-state index in [9.17, 15) is 9.18 Å². The molecule has 0 heterocycles. The Hall–Kier alpha value is -1.38. The van der Waals surface area contributed by atoms with E-state index < -0.39 is 0 Å². The summed E-state index contributed by atoms with van der Waals surface area (Å²) < 4.78 is 13.8. The molecule has 0 N–H and O–H groups in total. The number of halogens is 1. The highest BCUT2D eigenvalue weighted by Crippen LogP contribution is 2.35. The molecule has 0 radical (unpaired) electrons. The van der Waals surface area contributed by atoms with Crippen molar-refractivity contribution >= 4 is 5.91 Å². The SMILES string of the molecule is CC(C)C(=O)N(C)[C@H]1CCCc2c(F)cccc21. The largest absolute Gasteiger partial charge is 0.338 e. The first-order chi connectivity index (χ1) is 8.52. The van der Waals surface area contributed by atoms with E-state index in [1.54, 1.807) is 11.0 Å². The Morgan fingerprint density at radius 3 is 2.83 bits per heavy atom. The second-order valence-corrected chi connectivity index (χ2v) is 5.32. The van der Waals surface area contributed by atoms with E-state index in [0.717, 1.165) is 30.4 Å². The maximum absolute atomic E-state index is 13.8. The van der Waals surface area contributed by atoms with Gasteiger partial charge in [-0.05, 0) is 36.5 Å². The van der Waals surface area contributed by atoms with Crippen LogP contribution in [0.5, 0.6) is 0 Å². The summed E-state index contributed by atoms with van der Waals surface area (Å²) >= 11 is 0. The van der Waals surface area contributed by atoms with Gasteiger partial charge in [0, 0.05) is 13.0 Å². The van der Waals surface area contributed by atoms with Gasteiger partial charge < -0.3 is 4.90 Å². The quantitative estimate of drug-likeness (QED) is 0.787. The second kappa shape index (κ2) is 5.09. The van der Waals surface area contributed by atoms with Gasteiger partial charge in [0.2, 0.25) is 5.91 Å². The molecule has 1 aromatic rings. The van der Waals surface area contributed by atoms with Crippen molar-refractivity contribution in [2.24, 2.45) is 5.92 Å². The van der Waals surface area contributed by atoms with Crippen LogP contribution < -0.4 is 0 Å². The average Bonchev–Trinajstić information content (AvgIpc) is 2.37. The molecule has 1 aliphatic rings. The predicted molar refractivity (Wildman–Crippen MR) is 69.7 cm³/mol. The Labute approximate surface area is 108 Å². The Balaban J connectivity index is 2.33. The van der Waals surface area contributed by atoms with Crippen molar-refractivity contribution in [1.29, 1.82) is 0 Å². The third-order valence-electron chi connectivity index (χ3n) is 3.73. The summed E-state index contributed by atoms with van der Waals surface area (Å²) in [4.78, 5) is 13.8. The Morgan fingerprint density at radius 2 is 2.17 bits per heavy atom. The van der Waals surface area contributed by atoms with Gasteiger partial charge in [0.15, 0.2) is 0 Å². The van der Waals surface area contributed by atoms with E-state index in [1.165, 1.54) is 6.07 Å². The summed E-state index contributed by atoms with van der Waals surface area (Å²) in [6.45, 7) is 3.79. The monoisotopic (exact) mass is 249 g/mol. The van der Waals surface area contributed by atoms with Crippen LogP contribution in [0.3, 0.4) is 0 Å². The van der Waals surface area contributed by atoms with Gasteiger partial charge in [0.25, 0.3) is 0 Å². The van der Waals surface area contributed by atoms with Crippen LogP contribution in [0.4, 0.5) is 4.39 Å². The molecule has 0 bridgehead atoms. The van der Waals surface area contributed by atoms with Crippen molar-refractivity contribution in [3.63, 3.8) is 0 Å². The lowest BCUT2D eigenvalue weighted by Crippen LogP contribution is -2.36. The lowest BCUT2D eigenvalue weighted by molar-refractivity contribution is -0.135. The van der Waals surface area contributed by atoms with Crippen molar-refractivity contribution in [2.45, 2.75) is 39.2 Å². The summed E-state index contributed by atoms with van der Waals surface area (Å²) in [6.07, 6.45) is 2.64. The van der Waals surface area contributed by atoms with Crippen molar-refractivity contribution in [1.82, 2.24) is 4.90 Å². The van der Waals surface area contributed by atoms with Crippen LogP contribution in [-0.2, 0) is 11.2 Å². The van der Waals surface area contributed by atoms with E-state index >= 15 is 0 Å². The number of carbonyl (C=O) groups is 1. The first-order valence-corrected chi connectivity index (χ1v) is 6.56. The van der Waals surface area contributed by atoms with Crippen LogP contribution in [-0.4, -0.2) is 17.9 Å². The first kappa shape index (κ1) is 13.1. The van der Waals surface area contributed by atoms with Gasteiger partial charge in [-0.2, -0.15) is 0 Å². The second-order valence-electron chi connectivity index (χ2n) is 5.32. The molecule has 1 atom stereocenters. The maximum Gasteiger partial charge on any atom is 0.225 e. The molecule has 0 unspecified atom stereocenters. The third-order valence-corrected chi connectivity index (χ3v) is 3.73. The Kier molecular flexibility index (Phi) is 3.69. The highest BCUT2D eigenvalue weighted by atomic mass is 19.1. The minimum Gasteiger partial charge on any atom is -0.338 e. The van der Waals surface area contributed by atoms with Crippen LogP contribution >= 0.6 is 0 Å². The van der Waals surface area contributed by atoms with E-state index in [1.807, 2.05) is 27.0 Å². The number of benzene rings is 1. The molecule has 1 aromatic carbocycles. The molecule has 1 aliphatic carbocycles. The van der Waals surface area contributed by atoms with Gasteiger partial charge in [-0.1, -0.05) is 26.0 Å². The first-order valence-electron chi connectivity index (χ1n) is 6.56. The molecule has 0 fully saturated rings. The molecule has 2 rings (SSSR count). The summed E-state index contributed by atoms with van der Waals surface area (Å²) in [5.74, 6) is -0.0337. The highest BCUT2D eigenvalue weighted by Gasteiger charge is 2.28. The van der Waals surface area contributed by atoms with Crippen molar-refractivity contribution in [3.05, 3.63) is 35.1 Å². The molecule has 18 heavy (non-hydrogen) atoms. The van der Waals surface area contributed by atoms with Gasteiger partial charge in [0.05, 0.1) is 6.04 Å². The van der Waals surface area contributed by atoms with Crippen molar-refractivity contribution < 1.29 is 9.18 Å². The zero-order valence-electron chi connectivity index (χ0n) is 11.2. The molecular weight excluding hydrogens is 229 g/mol. The number of nitrogens with zero attached hydrogens (tertiary/aromatic N) is 1. The number of carbonyl (C=O) groups excluding carboxylic acids is 1. The normalized spacial score (nSPS) is 18.6. The third kappa shape index (κ3) is 2.26. The molecular formula is C15H20FNO. The van der Waals surface area contributed by atoms with Gasteiger partial charge >= 0.3 is 0 Å². The maximum atomic E-state index is 13.8. The van der Waals surface area contributed by atoms with Gasteiger partial charge in [0.1, 0.15) is 5.82 Å². The van der Waals surface area contributed by atoms with E-state index in [2.05, 4.69) is 0 Å². The average molecular weight is 249 g/mol. The fourth-order valence-corrected chi connectivity index (χ4v) is 2.74. The van der Waals surface area contributed by atoms with Crippen molar-refractivity contribution in [2.75, 3.05) is 7.05 Å². The summed E-state index contributed by atoms with van der Waals surface area (Å²) in [5, 5.41) is 0. The number of hydrogen-bond acceptors (Lipinski definition) is 1. The van der Waals surface area contributed by atoms with Gasteiger partial charge in [-0.25, -0.2) is 4.39 Å². The van der Waals surface area contributed by atoms with E-state index in [-0.39, 0.29) is 23.7 Å². The summed E-state index contributed by atoms with van der Waals surface area (Å²) in [7, 11) is 1.83. The summed E-state index contributed by atoms with van der Waals surface area (Å²) in [5.41, 5.74) is 1.77. The molecule has 0 aromatic heterocycles. The number of hydrogen-bond donors (Lipinski definition) is 0. The fraction of sp³-hybridized carbons (Fsp3) is 0.533. The smallest absolute Gasteiger partial charge is 0.225 e. The molecule has 98 valence electrons. The van der Waals surface area contributed by atoms with E-state index in [4.69, 9.17) is 0 Å². The van der Waals surface area contributed by atoms with E-state index in [0.29, 0.717) is 0 Å². The van der Waals surface area contributed by atoms with Gasteiger partial charge in [-0.3, -0.25) is 4.79 Å². The predicted octanol–water partition coefficient (Wildman–Crippen LogP) is 3.32. The lowest BCUT2D eigenvalue weighted by Gasteiger charge is -2.34. The molecule has 1 amide bonds. The topological polar surface area (TPSA) is 20.3 Å². The molecule has 3 heteroatoms. The van der Waals surface area contributed by atoms with Crippen LogP contribution in [0.2, 0.25) is 0 Å². The molecule has 0 saturated carbocycles. The Bertz CT molecular complexity index is 456. The zero-order chi connectivity index (χ0) is 13.3. The molecule has 0 saturated heterocycles. The van der Waals surface area contributed by atoms with Crippen molar-refractivity contribution in [3.8, 4) is 0 Å². The lowest BCUT2D eigenvalue weighted by atomic mass is 9.86. The molecule has 0 spiro atoms. The summed E-state index contributed by atoms with van der Waals surface area (Å²) in [6, 6.07) is 5.22. The standard InChI is InChI=1S/C15H20FNO/c1-10(2)15(18)17(3)14-9-5-6-11-12(14)7-4-8-13(11)16/h4,7-8,10,14H,5-6,9H2,1-3H3/t14-/m0/s1. The number of amides is 1. The minimum atomic E-state index is -0.136. The van der Waals surface area contributed by atoms with Crippen LogP contribution in [0, 0.1) is 11.7 Å². The zero-order valence-corrected chi connectivity index (χ0v) is 11.2. The van der Waals surface area contributed by atoms with Crippen LogP contribution in [0.25, 0.3) is 0 Å². The fourth-order valence-electron chi connectivity index (χ4n) is 2.74. The Morgan fingerprint density at radius 1 is 1.44 bits per heavy atom. The minimum absolute atomic E-state index is 0.0195. The number of rotatable bonds is 2. The van der Waals surface area contributed by atoms with Crippen LogP contribution in [0.1, 0.15) is 43.9 Å². The molecule has 0 aliphatic heterocycles. The number of fused-ring (bicyclic) bond motifs is 1.